The van der Waals surface area contributed by atoms with Crippen molar-refractivity contribution in [3.05, 3.63) is 25.3 Å². The number of urea groups is 1. The lowest BCUT2D eigenvalue weighted by molar-refractivity contribution is -0.145. The Kier molecular flexibility index (Phi) is 16.2. The highest BCUT2D eigenvalue weighted by atomic mass is 16.2. The molecule has 11 nitrogen and oxygen atoms in total. The van der Waals surface area contributed by atoms with E-state index in [0.717, 1.165) is 38.5 Å². The van der Waals surface area contributed by atoms with Gasteiger partial charge in [0.1, 0.15) is 12.1 Å². The molecule has 0 aromatic rings. The van der Waals surface area contributed by atoms with Gasteiger partial charge in [-0.25, -0.2) is 4.79 Å². The molecule has 3 unspecified atom stereocenters. The number of Topliss-reactive ketones (excluding diaryl/α,β-unsaturated/α-hetero) is 2. The molecule has 0 spiro atoms. The van der Waals surface area contributed by atoms with E-state index in [4.69, 9.17) is 0 Å². The van der Waals surface area contributed by atoms with Gasteiger partial charge in [-0.3, -0.25) is 24.0 Å². The molecule has 1 aliphatic carbocycles. The molecule has 49 heavy (non-hydrogen) atoms. The quantitative estimate of drug-likeness (QED) is 0.129. The first kappa shape index (κ1) is 41.7. The standard InChI is InChI=1S/C38H63N5O6/c1-11-18-27(32(45)35(47)39-21-12-2)40-34(46)30-28(24(7)13-3)25(14-4)22-43(30)36(48)33(38(8,9)10)42-37(49)41-29(31(44)23(5)6)26-19-16-15-17-20-26/h12,14,23-30,33H,2,4,11,13,15-22H2,1,3,5-10H3,(H,39,47)(H,40,46)(H2,41,42,49)/t24?,25?,27?,28-,29-,30-,33+/m0/s1. The molecule has 7 atom stereocenters. The summed E-state index contributed by atoms with van der Waals surface area (Å²) in [5.74, 6) is -3.32. The Morgan fingerprint density at radius 1 is 0.918 bits per heavy atom. The lowest BCUT2D eigenvalue weighted by atomic mass is 9.78. The summed E-state index contributed by atoms with van der Waals surface area (Å²) in [5.41, 5.74) is -0.764. The molecular formula is C38H63N5O6. The Hall–Kier alpha value is -3.50. The molecule has 1 saturated carbocycles. The highest BCUT2D eigenvalue weighted by Gasteiger charge is 2.51. The fraction of sp³-hybridized carbons (Fsp3) is 0.737. The van der Waals surface area contributed by atoms with E-state index >= 15 is 0 Å². The van der Waals surface area contributed by atoms with Gasteiger partial charge in [-0.15, -0.1) is 13.2 Å². The summed E-state index contributed by atoms with van der Waals surface area (Å²) in [6.45, 7) is 23.0. The number of carbonyl (C=O) groups excluding carboxylic acids is 6. The van der Waals surface area contributed by atoms with Crippen LogP contribution in [0.5, 0.6) is 0 Å². The van der Waals surface area contributed by atoms with Crippen LogP contribution < -0.4 is 21.3 Å². The van der Waals surface area contributed by atoms with Crippen LogP contribution in [0.15, 0.2) is 25.3 Å². The second kappa shape index (κ2) is 19.0. The average Bonchev–Trinajstić information content (AvgIpc) is 3.46. The fourth-order valence-corrected chi connectivity index (χ4v) is 7.29. The molecule has 1 heterocycles. The number of likely N-dealkylation sites (tertiary alicyclic amines) is 1. The predicted molar refractivity (Wildman–Crippen MR) is 192 cm³/mol. The number of rotatable bonds is 17. The van der Waals surface area contributed by atoms with Crippen molar-refractivity contribution in [1.29, 1.82) is 0 Å². The number of carbonyl (C=O) groups is 6. The maximum absolute atomic E-state index is 14.6. The van der Waals surface area contributed by atoms with E-state index in [1.54, 1.807) is 6.08 Å². The van der Waals surface area contributed by atoms with Gasteiger partial charge in [0, 0.05) is 19.0 Å². The fourth-order valence-electron chi connectivity index (χ4n) is 7.29. The van der Waals surface area contributed by atoms with Crippen molar-refractivity contribution in [2.24, 2.45) is 35.0 Å². The number of nitrogens with zero attached hydrogens (tertiary/aromatic N) is 1. The molecule has 1 saturated heterocycles. The summed E-state index contributed by atoms with van der Waals surface area (Å²) in [6.07, 6.45) is 9.57. The normalized spacial score (nSPS) is 22.3. The molecule has 11 heteroatoms. The van der Waals surface area contributed by atoms with Crippen molar-refractivity contribution in [2.75, 3.05) is 13.1 Å². The van der Waals surface area contributed by atoms with E-state index in [1.165, 1.54) is 11.0 Å². The van der Waals surface area contributed by atoms with Crippen LogP contribution >= 0.6 is 0 Å². The van der Waals surface area contributed by atoms with Gasteiger partial charge in [-0.2, -0.15) is 0 Å². The molecule has 1 aliphatic heterocycles. The Morgan fingerprint density at radius 3 is 2.06 bits per heavy atom. The molecule has 2 rings (SSSR count). The Balaban J connectivity index is 2.46. The third-order valence-corrected chi connectivity index (χ3v) is 10.3. The maximum Gasteiger partial charge on any atom is 0.316 e. The zero-order valence-corrected chi connectivity index (χ0v) is 31.2. The highest BCUT2D eigenvalue weighted by Crippen LogP contribution is 2.39. The lowest BCUT2D eigenvalue weighted by Gasteiger charge is -2.38. The Morgan fingerprint density at radius 2 is 1.55 bits per heavy atom. The SMILES string of the molecule is C=CCNC(=O)C(=O)C(CCC)NC(=O)[C@@H]1[C@@H](C(C)CC)C(C=C)CN1C(=O)[C@@H](NC(=O)N[C@H](C(=O)C(C)C)C1CCCCC1)C(C)(C)C. The van der Waals surface area contributed by atoms with Crippen LogP contribution in [0.3, 0.4) is 0 Å². The summed E-state index contributed by atoms with van der Waals surface area (Å²) in [7, 11) is 0. The monoisotopic (exact) mass is 685 g/mol. The topological polar surface area (TPSA) is 154 Å². The number of amides is 5. The molecule has 2 aliphatic rings. The van der Waals surface area contributed by atoms with Gasteiger partial charge in [0.15, 0.2) is 5.78 Å². The number of hydrogen-bond acceptors (Lipinski definition) is 6. The number of nitrogens with one attached hydrogen (secondary N) is 4. The predicted octanol–water partition coefficient (Wildman–Crippen LogP) is 4.71. The average molecular weight is 686 g/mol. The molecule has 0 radical (unpaired) electrons. The lowest BCUT2D eigenvalue weighted by Crippen LogP contribution is -2.62. The van der Waals surface area contributed by atoms with E-state index < -0.39 is 59.1 Å². The molecule has 2 fully saturated rings. The smallest absolute Gasteiger partial charge is 0.316 e. The third-order valence-electron chi connectivity index (χ3n) is 10.3. The summed E-state index contributed by atoms with van der Waals surface area (Å²) in [6, 6.07) is -4.34. The first-order valence-electron chi connectivity index (χ1n) is 18.3. The van der Waals surface area contributed by atoms with E-state index in [1.807, 2.05) is 55.4 Å². The minimum Gasteiger partial charge on any atom is -0.346 e. The molecule has 5 amide bonds. The van der Waals surface area contributed by atoms with Crippen molar-refractivity contribution >= 4 is 35.3 Å². The van der Waals surface area contributed by atoms with Crippen molar-refractivity contribution < 1.29 is 28.8 Å². The van der Waals surface area contributed by atoms with Crippen LogP contribution in [-0.2, 0) is 24.0 Å². The second-order valence-corrected chi connectivity index (χ2v) is 15.4. The van der Waals surface area contributed by atoms with Gasteiger partial charge in [0.2, 0.25) is 17.6 Å². The summed E-state index contributed by atoms with van der Waals surface area (Å²) in [4.78, 5) is 83.0. The Labute approximate surface area is 294 Å². The highest BCUT2D eigenvalue weighted by molar-refractivity contribution is 6.38. The second-order valence-electron chi connectivity index (χ2n) is 15.4. The summed E-state index contributed by atoms with van der Waals surface area (Å²) in [5, 5.41) is 11.1. The number of ketones is 2. The maximum atomic E-state index is 14.6. The van der Waals surface area contributed by atoms with Crippen molar-refractivity contribution in [3.8, 4) is 0 Å². The van der Waals surface area contributed by atoms with Crippen molar-refractivity contribution in [1.82, 2.24) is 26.2 Å². The van der Waals surface area contributed by atoms with E-state index in [0.29, 0.717) is 6.42 Å². The van der Waals surface area contributed by atoms with Crippen LogP contribution in [-0.4, -0.2) is 77.5 Å². The molecule has 4 N–H and O–H groups in total. The zero-order valence-electron chi connectivity index (χ0n) is 31.2. The van der Waals surface area contributed by atoms with Crippen LogP contribution in [0.25, 0.3) is 0 Å². The van der Waals surface area contributed by atoms with Crippen molar-refractivity contribution in [2.45, 2.75) is 131 Å². The van der Waals surface area contributed by atoms with Crippen LogP contribution in [0.1, 0.15) is 107 Å². The zero-order chi connectivity index (χ0) is 37.1. The summed E-state index contributed by atoms with van der Waals surface area (Å²) < 4.78 is 0. The molecule has 0 aromatic carbocycles. The van der Waals surface area contributed by atoms with Gasteiger partial charge >= 0.3 is 6.03 Å². The van der Waals surface area contributed by atoms with Crippen LogP contribution in [0.4, 0.5) is 4.79 Å². The first-order chi connectivity index (χ1) is 23.0. The molecule has 0 aromatic heterocycles. The van der Waals surface area contributed by atoms with Crippen LogP contribution in [0, 0.1) is 35.0 Å². The molecule has 276 valence electrons. The summed E-state index contributed by atoms with van der Waals surface area (Å²) >= 11 is 0. The molecular weight excluding hydrogens is 622 g/mol. The largest absolute Gasteiger partial charge is 0.346 e. The minimum atomic E-state index is -1.07. The van der Waals surface area contributed by atoms with E-state index in [9.17, 15) is 28.8 Å². The number of hydrogen-bond donors (Lipinski definition) is 4. The van der Waals surface area contributed by atoms with Crippen LogP contribution in [0.2, 0.25) is 0 Å². The molecule has 0 bridgehead atoms. The van der Waals surface area contributed by atoms with Gasteiger partial charge < -0.3 is 26.2 Å². The van der Waals surface area contributed by atoms with Gasteiger partial charge in [-0.05, 0) is 48.3 Å². The van der Waals surface area contributed by atoms with Gasteiger partial charge in [-0.1, -0.05) is 99.6 Å². The van der Waals surface area contributed by atoms with Gasteiger partial charge in [0.05, 0.1) is 12.1 Å². The van der Waals surface area contributed by atoms with E-state index in [2.05, 4.69) is 34.4 Å². The minimum absolute atomic E-state index is 0.00964. The van der Waals surface area contributed by atoms with Gasteiger partial charge in [0.25, 0.3) is 5.91 Å². The van der Waals surface area contributed by atoms with Crippen molar-refractivity contribution in [3.63, 3.8) is 0 Å². The Bertz CT molecular complexity index is 1200. The van der Waals surface area contributed by atoms with E-state index in [-0.39, 0.29) is 54.9 Å². The third kappa shape index (κ3) is 11.0. The first-order valence-corrected chi connectivity index (χ1v) is 18.3.